The van der Waals surface area contributed by atoms with Crippen molar-refractivity contribution in [2.45, 2.75) is 12.6 Å². The summed E-state index contributed by atoms with van der Waals surface area (Å²) in [6.45, 7) is 1.11. The van der Waals surface area contributed by atoms with Gasteiger partial charge >= 0.3 is 0 Å². The maximum absolute atomic E-state index is 11.1. The molecule has 1 saturated heterocycles. The average Bonchev–Trinajstić information content (AvgIpc) is 2.81. The van der Waals surface area contributed by atoms with Crippen molar-refractivity contribution in [3.63, 3.8) is 0 Å². The predicted molar refractivity (Wildman–Crippen MR) is 41.1 cm³/mol. The average molecular weight is 168 g/mol. The molecule has 0 aromatic carbocycles. The highest BCUT2D eigenvalue weighted by molar-refractivity contribution is 4.86. The summed E-state index contributed by atoms with van der Waals surface area (Å²) in [5.41, 5.74) is -0.472. The molecule has 0 spiro atoms. The van der Waals surface area contributed by atoms with E-state index in [0.29, 0.717) is 13.2 Å². The highest BCUT2D eigenvalue weighted by Gasteiger charge is 2.23. The van der Waals surface area contributed by atoms with E-state index in [4.69, 9.17) is 4.74 Å². The molecule has 1 aromatic heterocycles. The van der Waals surface area contributed by atoms with Crippen LogP contribution in [0.2, 0.25) is 0 Å². The minimum atomic E-state index is -0.268. The van der Waals surface area contributed by atoms with E-state index in [1.54, 1.807) is 0 Å². The van der Waals surface area contributed by atoms with Crippen LogP contribution < -0.4 is 11.1 Å². The van der Waals surface area contributed by atoms with E-state index in [-0.39, 0.29) is 17.2 Å². The van der Waals surface area contributed by atoms with E-state index >= 15 is 0 Å². The first-order valence-corrected chi connectivity index (χ1v) is 3.67. The molecule has 0 bridgehead atoms. The summed E-state index contributed by atoms with van der Waals surface area (Å²) >= 11 is 0. The molecule has 1 aliphatic heterocycles. The number of aromatic amines is 1. The molecule has 2 heterocycles. The maximum atomic E-state index is 11.1. The van der Waals surface area contributed by atoms with Crippen LogP contribution in [0, 0.1) is 0 Å². The quantitative estimate of drug-likeness (QED) is 0.572. The second kappa shape index (κ2) is 2.60. The Morgan fingerprint density at radius 1 is 1.58 bits per heavy atom. The van der Waals surface area contributed by atoms with Crippen LogP contribution >= 0.6 is 0 Å². The molecule has 5 heteroatoms. The van der Waals surface area contributed by atoms with Gasteiger partial charge in [0.25, 0.3) is 11.1 Å². The number of nitrogens with zero attached hydrogens (tertiary/aromatic N) is 1. The Morgan fingerprint density at radius 2 is 2.33 bits per heavy atom. The molecule has 1 fully saturated rings. The van der Waals surface area contributed by atoms with Crippen LogP contribution in [-0.4, -0.2) is 22.5 Å². The number of hydrogen-bond donors (Lipinski definition) is 1. The van der Waals surface area contributed by atoms with Crippen molar-refractivity contribution >= 4 is 0 Å². The summed E-state index contributed by atoms with van der Waals surface area (Å²) in [4.78, 5) is 21.9. The summed E-state index contributed by atoms with van der Waals surface area (Å²) in [6.07, 6.45) is 0.0979. The number of epoxide rings is 1. The maximum Gasteiger partial charge on any atom is 0.265 e. The van der Waals surface area contributed by atoms with Gasteiger partial charge in [-0.15, -0.1) is 0 Å². The zero-order valence-electron chi connectivity index (χ0n) is 6.32. The van der Waals surface area contributed by atoms with Crippen molar-refractivity contribution in [1.82, 2.24) is 9.78 Å². The van der Waals surface area contributed by atoms with Crippen molar-refractivity contribution in [3.05, 3.63) is 32.8 Å². The van der Waals surface area contributed by atoms with E-state index in [1.807, 2.05) is 0 Å². The van der Waals surface area contributed by atoms with Gasteiger partial charge in [0.2, 0.25) is 0 Å². The third kappa shape index (κ3) is 1.45. The van der Waals surface area contributed by atoms with Crippen LogP contribution in [0.4, 0.5) is 0 Å². The summed E-state index contributed by atoms with van der Waals surface area (Å²) in [7, 11) is 0. The molecule has 2 rings (SSSR count). The molecule has 12 heavy (non-hydrogen) atoms. The largest absolute Gasteiger partial charge is 0.371 e. The smallest absolute Gasteiger partial charge is 0.265 e. The van der Waals surface area contributed by atoms with E-state index in [1.165, 1.54) is 16.8 Å². The van der Waals surface area contributed by atoms with E-state index in [0.717, 1.165) is 0 Å². The molecule has 1 atom stereocenters. The first-order chi connectivity index (χ1) is 5.75. The first-order valence-electron chi connectivity index (χ1n) is 3.67. The first kappa shape index (κ1) is 7.30. The van der Waals surface area contributed by atoms with Crippen LogP contribution in [0.3, 0.4) is 0 Å². The molecule has 0 amide bonds. The molecule has 1 unspecified atom stereocenters. The third-order valence-corrected chi connectivity index (χ3v) is 1.68. The normalized spacial score (nSPS) is 20.8. The van der Waals surface area contributed by atoms with Gasteiger partial charge in [0, 0.05) is 12.1 Å². The molecule has 64 valence electrons. The Hall–Kier alpha value is -1.36. The lowest BCUT2D eigenvalue weighted by atomic mass is 10.4. The lowest BCUT2D eigenvalue weighted by molar-refractivity contribution is 0.367. The van der Waals surface area contributed by atoms with Gasteiger partial charge < -0.3 is 4.74 Å². The Labute approximate surface area is 67.6 Å². The SMILES string of the molecule is O=c1ccc(=O)n(CC2CO2)[nH]1. The summed E-state index contributed by atoms with van der Waals surface area (Å²) < 4.78 is 6.19. The lowest BCUT2D eigenvalue weighted by Crippen LogP contribution is -2.29. The Kier molecular flexibility index (Phi) is 1.58. The van der Waals surface area contributed by atoms with Gasteiger partial charge in [-0.25, -0.2) is 4.68 Å². The molecular formula is C7H8N2O3. The van der Waals surface area contributed by atoms with Gasteiger partial charge in [0.15, 0.2) is 0 Å². The van der Waals surface area contributed by atoms with Crippen LogP contribution in [0.1, 0.15) is 0 Å². The van der Waals surface area contributed by atoms with Gasteiger partial charge in [0.05, 0.1) is 13.2 Å². The molecule has 1 aliphatic rings. The van der Waals surface area contributed by atoms with Crippen LogP contribution in [0.25, 0.3) is 0 Å². The van der Waals surface area contributed by atoms with Crippen LogP contribution in [0.5, 0.6) is 0 Å². The van der Waals surface area contributed by atoms with E-state index in [2.05, 4.69) is 5.10 Å². The molecule has 5 nitrogen and oxygen atoms in total. The molecular weight excluding hydrogens is 160 g/mol. The van der Waals surface area contributed by atoms with Crippen molar-refractivity contribution in [2.75, 3.05) is 6.61 Å². The molecule has 0 aliphatic carbocycles. The number of rotatable bonds is 2. The van der Waals surface area contributed by atoms with Gasteiger partial charge in [-0.3, -0.25) is 14.7 Å². The Morgan fingerprint density at radius 3 is 3.00 bits per heavy atom. The van der Waals surface area contributed by atoms with Gasteiger partial charge in [-0.05, 0) is 0 Å². The van der Waals surface area contributed by atoms with Crippen molar-refractivity contribution < 1.29 is 4.74 Å². The molecule has 0 radical (unpaired) electrons. The summed E-state index contributed by atoms with van der Waals surface area (Å²) in [5, 5.41) is 2.42. The fourth-order valence-electron chi connectivity index (χ4n) is 0.975. The predicted octanol–water partition coefficient (Wildman–Crippen LogP) is -1.06. The monoisotopic (exact) mass is 168 g/mol. The second-order valence-electron chi connectivity index (χ2n) is 2.71. The van der Waals surface area contributed by atoms with Crippen molar-refractivity contribution in [2.24, 2.45) is 0 Å². The number of hydrogen-bond acceptors (Lipinski definition) is 3. The number of aromatic nitrogens is 2. The molecule has 1 aromatic rings. The van der Waals surface area contributed by atoms with E-state index in [9.17, 15) is 9.59 Å². The number of nitrogens with one attached hydrogen (secondary N) is 1. The fraction of sp³-hybridized carbons (Fsp3) is 0.429. The summed E-state index contributed by atoms with van der Waals surface area (Å²) in [6, 6.07) is 2.47. The highest BCUT2D eigenvalue weighted by Crippen LogP contribution is 2.08. The van der Waals surface area contributed by atoms with Gasteiger partial charge in [-0.2, -0.15) is 0 Å². The topological polar surface area (TPSA) is 67.4 Å². The second-order valence-corrected chi connectivity index (χ2v) is 2.71. The Balaban J connectivity index is 2.33. The van der Waals surface area contributed by atoms with Gasteiger partial charge in [0.1, 0.15) is 6.10 Å². The Bertz CT molecular complexity index is 388. The van der Waals surface area contributed by atoms with E-state index < -0.39 is 0 Å². The van der Waals surface area contributed by atoms with Gasteiger partial charge in [-0.1, -0.05) is 0 Å². The number of ether oxygens (including phenoxy) is 1. The number of H-pyrrole nitrogens is 1. The minimum Gasteiger partial charge on any atom is -0.371 e. The van der Waals surface area contributed by atoms with Crippen molar-refractivity contribution in [3.8, 4) is 0 Å². The van der Waals surface area contributed by atoms with Crippen LogP contribution in [0.15, 0.2) is 21.7 Å². The minimum absolute atomic E-state index is 0.0979. The fourth-order valence-corrected chi connectivity index (χ4v) is 0.975. The third-order valence-electron chi connectivity index (χ3n) is 1.68. The molecule has 1 N–H and O–H groups in total. The van der Waals surface area contributed by atoms with Crippen molar-refractivity contribution in [1.29, 1.82) is 0 Å². The summed E-state index contributed by atoms with van der Waals surface area (Å²) in [5.74, 6) is 0. The highest BCUT2D eigenvalue weighted by atomic mass is 16.6. The zero-order valence-corrected chi connectivity index (χ0v) is 6.32. The standard InChI is InChI=1S/C7H8N2O3/c10-6-1-2-7(11)9(8-6)3-5-4-12-5/h1-2,5H,3-4H2,(H,8,10). The lowest BCUT2D eigenvalue weighted by Gasteiger charge is -1.99. The molecule has 0 saturated carbocycles. The van der Waals surface area contributed by atoms with Crippen LogP contribution in [-0.2, 0) is 11.3 Å². The zero-order chi connectivity index (χ0) is 8.55.